The maximum absolute atomic E-state index is 13.5. The lowest BCUT2D eigenvalue weighted by molar-refractivity contribution is 0.101. The highest BCUT2D eigenvalue weighted by atomic mass is 19.1. The van der Waals surface area contributed by atoms with Crippen molar-refractivity contribution < 1.29 is 18.7 Å². The zero-order valence-corrected chi connectivity index (χ0v) is 12.2. The van der Waals surface area contributed by atoms with Crippen molar-refractivity contribution in [2.45, 2.75) is 0 Å². The van der Waals surface area contributed by atoms with E-state index in [1.54, 1.807) is 12.1 Å². The summed E-state index contributed by atoms with van der Waals surface area (Å²) in [6.45, 7) is 0. The van der Waals surface area contributed by atoms with E-state index in [9.17, 15) is 18.7 Å². The fourth-order valence-corrected chi connectivity index (χ4v) is 2.85. The van der Waals surface area contributed by atoms with E-state index in [1.807, 2.05) is 0 Å². The van der Waals surface area contributed by atoms with Gasteiger partial charge in [0.25, 0.3) is 5.91 Å². The van der Waals surface area contributed by atoms with Crippen molar-refractivity contribution in [3.63, 3.8) is 0 Å². The van der Waals surface area contributed by atoms with Gasteiger partial charge in [-0.15, -0.1) is 0 Å². The Morgan fingerprint density at radius 3 is 2.21 bits per heavy atom. The highest BCUT2D eigenvalue weighted by Crippen LogP contribution is 2.38. The fraction of sp³-hybridized carbons (Fsp3) is 0. The lowest BCUT2D eigenvalue weighted by Crippen LogP contribution is -2.00. The average Bonchev–Trinajstić information content (AvgIpc) is 3.07. The Kier molecular flexibility index (Phi) is 3.06. The molecular formula is C18H10F2N2O2. The molecule has 0 saturated carbocycles. The van der Waals surface area contributed by atoms with Crippen molar-refractivity contribution in [1.29, 1.82) is 0 Å². The summed E-state index contributed by atoms with van der Waals surface area (Å²) in [5.74, 6) is -1.78. The molecule has 6 heteroatoms. The largest absolute Gasteiger partial charge is 0.494 e. The van der Waals surface area contributed by atoms with Gasteiger partial charge in [-0.25, -0.2) is 13.8 Å². The number of H-pyrrole nitrogens is 1. The van der Waals surface area contributed by atoms with Gasteiger partial charge in [0.1, 0.15) is 11.6 Å². The number of carbonyl (C=O) groups excluding carboxylic acids is 1. The zero-order valence-electron chi connectivity index (χ0n) is 12.2. The number of nitrogens with zero attached hydrogens (tertiary/aromatic N) is 1. The van der Waals surface area contributed by atoms with Gasteiger partial charge in [0, 0.05) is 11.1 Å². The van der Waals surface area contributed by atoms with Crippen LogP contribution >= 0.6 is 0 Å². The minimum atomic E-state index is -0.569. The van der Waals surface area contributed by atoms with Gasteiger partial charge >= 0.3 is 0 Å². The summed E-state index contributed by atoms with van der Waals surface area (Å²) in [5, 5.41) is 10.2. The minimum absolute atomic E-state index is 0.150. The van der Waals surface area contributed by atoms with Crippen LogP contribution in [-0.4, -0.2) is 21.7 Å². The average molecular weight is 324 g/mol. The molecule has 4 rings (SSSR count). The molecule has 4 nitrogen and oxygen atoms in total. The molecule has 0 spiro atoms. The number of aromatic nitrogens is 1. The Bertz CT molecular complexity index is 1020. The van der Waals surface area contributed by atoms with Crippen LogP contribution in [0.15, 0.2) is 53.5 Å². The molecule has 1 aromatic heterocycles. The van der Waals surface area contributed by atoms with Crippen molar-refractivity contribution in [1.82, 2.24) is 4.98 Å². The van der Waals surface area contributed by atoms with E-state index in [2.05, 4.69) is 9.98 Å². The maximum atomic E-state index is 13.5. The van der Waals surface area contributed by atoms with E-state index in [1.165, 1.54) is 36.4 Å². The second-order valence-corrected chi connectivity index (χ2v) is 5.38. The highest BCUT2D eigenvalue weighted by molar-refractivity contribution is 6.30. The Balaban J connectivity index is 1.91. The lowest BCUT2D eigenvalue weighted by Gasteiger charge is -2.01. The van der Waals surface area contributed by atoms with Gasteiger partial charge in [0.05, 0.1) is 22.5 Å². The van der Waals surface area contributed by atoms with Crippen molar-refractivity contribution in [2.24, 2.45) is 4.99 Å². The van der Waals surface area contributed by atoms with Crippen molar-refractivity contribution in [3.8, 4) is 17.1 Å². The van der Waals surface area contributed by atoms with E-state index in [-0.39, 0.29) is 28.4 Å². The van der Waals surface area contributed by atoms with Crippen LogP contribution in [-0.2, 0) is 0 Å². The first-order valence-electron chi connectivity index (χ1n) is 7.15. The van der Waals surface area contributed by atoms with Gasteiger partial charge in [-0.05, 0) is 24.3 Å². The fourth-order valence-electron chi connectivity index (χ4n) is 2.85. The van der Waals surface area contributed by atoms with Gasteiger partial charge in [-0.3, -0.25) is 4.79 Å². The number of hydrogen-bond donors (Lipinski definition) is 2. The Hall–Kier alpha value is -3.28. The SMILES string of the molecule is O=C1N=C(c2cccc(F)c2)c2c(O)[nH]c(-c3cccc(F)c3)c21. The standard InChI is InChI=1S/C18H10F2N2O2/c19-11-5-1-3-9(7-11)15-13-14(18(24)21-15)16(22-17(13)23)10-4-2-6-12(20)8-10/h1-8,21,24H. The number of nitrogens with one attached hydrogen (secondary N) is 1. The van der Waals surface area contributed by atoms with Crippen LogP contribution in [0.5, 0.6) is 5.88 Å². The number of halogens is 2. The Labute approximate surface area is 135 Å². The topological polar surface area (TPSA) is 65.4 Å². The van der Waals surface area contributed by atoms with Gasteiger partial charge < -0.3 is 10.1 Å². The van der Waals surface area contributed by atoms with Crippen LogP contribution in [0.3, 0.4) is 0 Å². The van der Waals surface area contributed by atoms with Crippen LogP contribution in [0.25, 0.3) is 11.3 Å². The summed E-state index contributed by atoms with van der Waals surface area (Å²) in [5.41, 5.74) is 1.60. The molecule has 0 bridgehead atoms. The Morgan fingerprint density at radius 2 is 1.54 bits per heavy atom. The molecule has 0 atom stereocenters. The van der Waals surface area contributed by atoms with Crippen LogP contribution in [0.4, 0.5) is 8.78 Å². The van der Waals surface area contributed by atoms with Gasteiger partial charge in [-0.1, -0.05) is 24.3 Å². The van der Waals surface area contributed by atoms with Gasteiger partial charge in [0.15, 0.2) is 5.88 Å². The molecule has 2 N–H and O–H groups in total. The van der Waals surface area contributed by atoms with Crippen LogP contribution in [0.1, 0.15) is 21.5 Å². The predicted molar refractivity (Wildman–Crippen MR) is 84.2 cm³/mol. The quantitative estimate of drug-likeness (QED) is 0.755. The van der Waals surface area contributed by atoms with Crippen molar-refractivity contribution >= 4 is 11.6 Å². The second kappa shape index (κ2) is 5.13. The number of aromatic hydroxyl groups is 1. The first kappa shape index (κ1) is 14.3. The van der Waals surface area contributed by atoms with E-state index in [4.69, 9.17) is 0 Å². The molecule has 1 aliphatic rings. The zero-order chi connectivity index (χ0) is 16.8. The summed E-state index contributed by atoms with van der Waals surface area (Å²) < 4.78 is 26.9. The third-order valence-electron chi connectivity index (χ3n) is 3.86. The number of fused-ring (bicyclic) bond motifs is 1. The number of benzene rings is 2. The lowest BCUT2D eigenvalue weighted by atomic mass is 10.00. The first-order chi connectivity index (χ1) is 11.5. The summed E-state index contributed by atoms with van der Waals surface area (Å²) in [6.07, 6.45) is 0. The molecule has 0 fully saturated rings. The number of amides is 1. The van der Waals surface area contributed by atoms with Crippen LogP contribution in [0, 0.1) is 11.6 Å². The Morgan fingerprint density at radius 1 is 0.917 bits per heavy atom. The van der Waals surface area contributed by atoms with Crippen LogP contribution < -0.4 is 0 Å². The molecule has 0 unspecified atom stereocenters. The molecular weight excluding hydrogens is 314 g/mol. The molecule has 2 heterocycles. The predicted octanol–water partition coefficient (Wildman–Crippen LogP) is 3.66. The second-order valence-electron chi connectivity index (χ2n) is 5.38. The summed E-state index contributed by atoms with van der Waals surface area (Å²) >= 11 is 0. The number of carbonyl (C=O) groups is 1. The summed E-state index contributed by atoms with van der Waals surface area (Å²) in [6, 6.07) is 11.2. The summed E-state index contributed by atoms with van der Waals surface area (Å²) in [4.78, 5) is 19.0. The number of hydrogen-bond acceptors (Lipinski definition) is 2. The molecule has 0 radical (unpaired) electrons. The number of rotatable bonds is 2. The molecule has 0 saturated heterocycles. The molecule has 3 aromatic rings. The highest BCUT2D eigenvalue weighted by Gasteiger charge is 2.33. The van der Waals surface area contributed by atoms with Crippen LogP contribution in [0.2, 0.25) is 0 Å². The number of aliphatic imine (C=N–C) groups is 1. The third-order valence-corrected chi connectivity index (χ3v) is 3.86. The number of aromatic amines is 1. The summed E-state index contributed by atoms with van der Waals surface area (Å²) in [7, 11) is 0. The molecule has 1 amide bonds. The van der Waals surface area contributed by atoms with Crippen molar-refractivity contribution in [2.75, 3.05) is 0 Å². The molecule has 118 valence electrons. The molecule has 0 aliphatic carbocycles. The van der Waals surface area contributed by atoms with E-state index in [0.29, 0.717) is 11.1 Å². The minimum Gasteiger partial charge on any atom is -0.494 e. The monoisotopic (exact) mass is 324 g/mol. The third kappa shape index (κ3) is 2.11. The maximum Gasteiger partial charge on any atom is 0.280 e. The van der Waals surface area contributed by atoms with Crippen molar-refractivity contribution in [3.05, 3.63) is 76.9 Å². The van der Waals surface area contributed by atoms with E-state index >= 15 is 0 Å². The normalized spacial score (nSPS) is 13.1. The van der Waals surface area contributed by atoms with E-state index < -0.39 is 17.5 Å². The smallest absolute Gasteiger partial charge is 0.280 e. The molecule has 24 heavy (non-hydrogen) atoms. The van der Waals surface area contributed by atoms with E-state index in [0.717, 1.165) is 0 Å². The van der Waals surface area contributed by atoms with Gasteiger partial charge in [-0.2, -0.15) is 0 Å². The first-order valence-corrected chi connectivity index (χ1v) is 7.15. The molecule has 2 aromatic carbocycles. The van der Waals surface area contributed by atoms with Gasteiger partial charge in [0.2, 0.25) is 0 Å². The molecule has 1 aliphatic heterocycles.